The van der Waals surface area contributed by atoms with Crippen LogP contribution in [0.2, 0.25) is 0 Å². The van der Waals surface area contributed by atoms with Crippen LogP contribution in [0.15, 0.2) is 30.2 Å². The van der Waals surface area contributed by atoms with Crippen molar-refractivity contribution in [1.29, 1.82) is 0 Å². The van der Waals surface area contributed by atoms with Crippen LogP contribution in [0.25, 0.3) is 0 Å². The minimum atomic E-state index is -3.69. The van der Waals surface area contributed by atoms with Crippen molar-refractivity contribution in [3.8, 4) is 0 Å². The minimum Gasteiger partial charge on any atom is -0.453 e. The topological polar surface area (TPSA) is 83.4 Å². The van der Waals surface area contributed by atoms with Gasteiger partial charge in [0.05, 0.1) is 6.54 Å². The second-order valence-corrected chi connectivity index (χ2v) is 7.90. The molecule has 0 bridgehead atoms. The standard InChI is InChI=1S/C10H11BrN2O4S2/c1-6-9(18-10(14)12-6)19(15,16)13(2)5-7-3-4-8(11)17-7/h3-4H,5H2,1-2H3,(H,12,14). The van der Waals surface area contributed by atoms with Crippen LogP contribution in [0, 0.1) is 6.92 Å². The number of aryl methyl sites for hydroxylation is 1. The second-order valence-electron chi connectivity index (χ2n) is 3.89. The quantitative estimate of drug-likeness (QED) is 0.895. The van der Waals surface area contributed by atoms with E-state index in [9.17, 15) is 13.2 Å². The highest BCUT2D eigenvalue weighted by Gasteiger charge is 2.26. The van der Waals surface area contributed by atoms with E-state index in [-0.39, 0.29) is 15.6 Å². The number of nitrogens with one attached hydrogen (secondary N) is 1. The SMILES string of the molecule is Cc1[nH]c(=O)sc1S(=O)(=O)N(C)Cc1ccc(Br)o1. The Bertz CT molecular complexity index is 744. The van der Waals surface area contributed by atoms with Crippen molar-refractivity contribution in [1.82, 2.24) is 9.29 Å². The lowest BCUT2D eigenvalue weighted by Crippen LogP contribution is -2.26. The van der Waals surface area contributed by atoms with Gasteiger partial charge in [0.15, 0.2) is 8.88 Å². The fourth-order valence-electron chi connectivity index (χ4n) is 1.52. The van der Waals surface area contributed by atoms with Gasteiger partial charge in [-0.25, -0.2) is 8.42 Å². The van der Waals surface area contributed by atoms with E-state index in [2.05, 4.69) is 20.9 Å². The number of nitrogens with zero attached hydrogens (tertiary/aromatic N) is 1. The number of aromatic nitrogens is 1. The molecule has 0 atom stereocenters. The van der Waals surface area contributed by atoms with Crippen LogP contribution in [-0.2, 0) is 16.6 Å². The second kappa shape index (κ2) is 5.23. The lowest BCUT2D eigenvalue weighted by Gasteiger charge is -2.14. The molecule has 1 N–H and O–H groups in total. The number of H-pyrrole nitrogens is 1. The van der Waals surface area contributed by atoms with E-state index in [1.165, 1.54) is 7.05 Å². The fourth-order valence-corrected chi connectivity index (χ4v) is 4.48. The van der Waals surface area contributed by atoms with Crippen molar-refractivity contribution < 1.29 is 12.8 Å². The molecular formula is C10H11BrN2O4S2. The summed E-state index contributed by atoms with van der Waals surface area (Å²) in [5.41, 5.74) is 0.350. The minimum absolute atomic E-state index is 0.0330. The molecule has 0 aliphatic heterocycles. The van der Waals surface area contributed by atoms with Gasteiger partial charge in [-0.1, -0.05) is 11.3 Å². The molecule has 9 heteroatoms. The number of sulfonamides is 1. The molecule has 2 heterocycles. The summed E-state index contributed by atoms with van der Waals surface area (Å²) in [6, 6.07) is 3.37. The number of rotatable bonds is 4. The van der Waals surface area contributed by atoms with Gasteiger partial charge in [-0.2, -0.15) is 4.31 Å². The first kappa shape index (κ1) is 14.5. The number of thiazole rings is 1. The molecular weight excluding hydrogens is 356 g/mol. The molecule has 0 aromatic carbocycles. The average molecular weight is 367 g/mol. The molecule has 0 unspecified atom stereocenters. The van der Waals surface area contributed by atoms with Crippen molar-refractivity contribution in [3.05, 3.63) is 37.9 Å². The van der Waals surface area contributed by atoms with Gasteiger partial charge in [-0.3, -0.25) is 4.79 Å². The summed E-state index contributed by atoms with van der Waals surface area (Å²) in [4.78, 5) is 13.3. The van der Waals surface area contributed by atoms with Crippen LogP contribution in [0.3, 0.4) is 0 Å². The van der Waals surface area contributed by atoms with Crippen molar-refractivity contribution in [2.24, 2.45) is 0 Å². The Morgan fingerprint density at radius 2 is 2.16 bits per heavy atom. The summed E-state index contributed by atoms with van der Waals surface area (Å²) < 4.78 is 31.6. The molecule has 2 aromatic heterocycles. The zero-order valence-electron chi connectivity index (χ0n) is 10.1. The number of aromatic amines is 1. The highest BCUT2D eigenvalue weighted by Crippen LogP contribution is 2.22. The summed E-state index contributed by atoms with van der Waals surface area (Å²) in [5.74, 6) is 0.512. The zero-order valence-corrected chi connectivity index (χ0v) is 13.4. The van der Waals surface area contributed by atoms with Crippen LogP contribution in [0.1, 0.15) is 11.5 Å². The molecule has 2 aromatic rings. The number of halogens is 1. The molecule has 19 heavy (non-hydrogen) atoms. The highest BCUT2D eigenvalue weighted by molar-refractivity contribution is 9.10. The average Bonchev–Trinajstić information content (AvgIpc) is 2.85. The monoisotopic (exact) mass is 366 g/mol. The molecule has 6 nitrogen and oxygen atoms in total. The number of hydrogen-bond donors (Lipinski definition) is 1. The van der Waals surface area contributed by atoms with Crippen molar-refractivity contribution in [2.45, 2.75) is 17.7 Å². The van der Waals surface area contributed by atoms with Crippen LogP contribution < -0.4 is 4.87 Å². The maximum Gasteiger partial charge on any atom is 0.305 e. The zero-order chi connectivity index (χ0) is 14.2. The fraction of sp³-hybridized carbons (Fsp3) is 0.300. The van der Waals surface area contributed by atoms with Gasteiger partial charge in [0.1, 0.15) is 5.76 Å². The smallest absolute Gasteiger partial charge is 0.305 e. The van der Waals surface area contributed by atoms with Gasteiger partial charge < -0.3 is 9.40 Å². The molecule has 0 saturated carbocycles. The summed E-state index contributed by atoms with van der Waals surface area (Å²) in [7, 11) is -2.25. The van der Waals surface area contributed by atoms with Crippen molar-refractivity contribution in [2.75, 3.05) is 7.05 Å². The largest absolute Gasteiger partial charge is 0.453 e. The van der Waals surface area contributed by atoms with Gasteiger partial charge in [0.2, 0.25) is 0 Å². The predicted molar refractivity (Wildman–Crippen MR) is 74.7 cm³/mol. The molecule has 0 aliphatic carbocycles. The van der Waals surface area contributed by atoms with E-state index in [1.54, 1.807) is 19.1 Å². The predicted octanol–water partition coefficient (Wildman–Crippen LogP) is 1.92. The summed E-state index contributed by atoms with van der Waals surface area (Å²) >= 11 is 3.84. The molecule has 0 radical (unpaired) electrons. The Labute approximate surface area is 122 Å². The van der Waals surface area contributed by atoms with E-state index >= 15 is 0 Å². The molecule has 0 aliphatic rings. The third-order valence-corrected chi connectivity index (χ3v) is 6.24. The first-order valence-corrected chi connectivity index (χ1v) is 8.26. The van der Waals surface area contributed by atoms with E-state index in [0.29, 0.717) is 27.5 Å². The Morgan fingerprint density at radius 3 is 2.63 bits per heavy atom. The summed E-state index contributed by atoms with van der Waals surface area (Å²) in [6.07, 6.45) is 0. The Kier molecular flexibility index (Phi) is 4.00. The van der Waals surface area contributed by atoms with E-state index < -0.39 is 10.0 Å². The Balaban J connectivity index is 2.29. The van der Waals surface area contributed by atoms with Crippen LogP contribution in [-0.4, -0.2) is 24.8 Å². The normalized spacial score (nSPS) is 12.2. The third-order valence-electron chi connectivity index (χ3n) is 2.43. The molecule has 0 spiro atoms. The number of furan rings is 1. The van der Waals surface area contributed by atoms with Gasteiger partial charge >= 0.3 is 4.87 Å². The lowest BCUT2D eigenvalue weighted by atomic mass is 10.4. The molecule has 0 saturated heterocycles. The van der Waals surface area contributed by atoms with Gasteiger partial charge in [-0.15, -0.1) is 0 Å². The van der Waals surface area contributed by atoms with Crippen LogP contribution in [0.4, 0.5) is 0 Å². The Morgan fingerprint density at radius 1 is 1.47 bits per heavy atom. The van der Waals surface area contributed by atoms with Crippen LogP contribution in [0.5, 0.6) is 0 Å². The highest BCUT2D eigenvalue weighted by atomic mass is 79.9. The van der Waals surface area contributed by atoms with E-state index in [0.717, 1.165) is 4.31 Å². The van der Waals surface area contributed by atoms with E-state index in [1.807, 2.05) is 0 Å². The molecule has 104 valence electrons. The van der Waals surface area contributed by atoms with Gasteiger partial charge in [-0.05, 0) is 35.0 Å². The summed E-state index contributed by atoms with van der Waals surface area (Å²) in [6.45, 7) is 1.65. The van der Waals surface area contributed by atoms with Gasteiger partial charge in [0, 0.05) is 12.7 Å². The Hall–Kier alpha value is -0.900. The summed E-state index contributed by atoms with van der Waals surface area (Å²) in [5, 5.41) is 0. The van der Waals surface area contributed by atoms with Gasteiger partial charge in [0.25, 0.3) is 10.0 Å². The number of hydrogen-bond acceptors (Lipinski definition) is 5. The van der Waals surface area contributed by atoms with Crippen molar-refractivity contribution >= 4 is 37.3 Å². The molecule has 2 rings (SSSR count). The maximum atomic E-state index is 12.3. The lowest BCUT2D eigenvalue weighted by molar-refractivity contribution is 0.399. The van der Waals surface area contributed by atoms with Crippen molar-refractivity contribution in [3.63, 3.8) is 0 Å². The third kappa shape index (κ3) is 2.99. The molecule has 0 amide bonds. The first-order valence-electron chi connectivity index (χ1n) is 5.21. The maximum absolute atomic E-state index is 12.3. The van der Waals surface area contributed by atoms with E-state index in [4.69, 9.17) is 4.42 Å². The molecule has 0 fully saturated rings. The first-order chi connectivity index (χ1) is 8.80. The van der Waals surface area contributed by atoms with Crippen LogP contribution >= 0.6 is 27.3 Å².